The number of likely N-dealkylation sites (N-methyl/N-ethyl adjacent to an activating group) is 1. The number of ether oxygens (including phenoxy) is 2. The number of esters is 2. The second kappa shape index (κ2) is 72.2. The van der Waals surface area contributed by atoms with Crippen molar-refractivity contribution in [1.82, 2.24) is 0 Å². The fourth-order valence-electron chi connectivity index (χ4n) is 12.1. The summed E-state index contributed by atoms with van der Waals surface area (Å²) in [6, 6.07) is 0. The van der Waals surface area contributed by atoms with Crippen LogP contribution in [-0.2, 0) is 32.7 Å². The zero-order valence-corrected chi connectivity index (χ0v) is 62.3. The van der Waals surface area contributed by atoms with Crippen LogP contribution in [0.25, 0.3) is 0 Å². The first kappa shape index (κ1) is 89.0. The van der Waals surface area contributed by atoms with Crippen LogP contribution < -0.4 is 0 Å². The molecule has 0 rings (SSSR count). The van der Waals surface area contributed by atoms with Gasteiger partial charge in [-0.25, -0.2) is 4.57 Å². The number of phosphoric acid groups is 1. The predicted octanol–water partition coefficient (Wildman–Crippen LogP) is 26.3. The summed E-state index contributed by atoms with van der Waals surface area (Å²) in [6.07, 6.45) is 95.6. The molecule has 0 aromatic heterocycles. The Morgan fingerprint density at radius 1 is 0.352 bits per heavy atom. The number of phosphoric ester groups is 1. The van der Waals surface area contributed by atoms with E-state index in [1.54, 1.807) is 0 Å². The van der Waals surface area contributed by atoms with Gasteiger partial charge in [0.05, 0.1) is 27.7 Å². The fourth-order valence-corrected chi connectivity index (χ4v) is 12.8. The molecule has 0 saturated carbocycles. The summed E-state index contributed by atoms with van der Waals surface area (Å²) < 4.78 is 34.8. The number of rotatable bonds is 75. The molecule has 536 valence electrons. The molecular formula is C81H155NO8P+. The van der Waals surface area contributed by atoms with E-state index in [1.165, 1.54) is 315 Å². The first-order chi connectivity index (χ1) is 44.5. The molecule has 0 spiro atoms. The summed E-state index contributed by atoms with van der Waals surface area (Å²) in [5.74, 6) is -0.778. The van der Waals surface area contributed by atoms with Crippen LogP contribution in [0.5, 0.6) is 0 Å². The van der Waals surface area contributed by atoms with Gasteiger partial charge in [-0.2, -0.15) is 0 Å². The quantitative estimate of drug-likeness (QED) is 0.0211. The molecule has 0 heterocycles. The minimum absolute atomic E-state index is 0.0332. The van der Waals surface area contributed by atoms with Gasteiger partial charge in [-0.1, -0.05) is 390 Å². The Bertz CT molecular complexity index is 1670. The van der Waals surface area contributed by atoms with Crippen molar-refractivity contribution in [3.8, 4) is 0 Å². The average Bonchev–Trinajstić information content (AvgIpc) is 3.74. The van der Waals surface area contributed by atoms with E-state index in [0.29, 0.717) is 23.9 Å². The van der Waals surface area contributed by atoms with E-state index >= 15 is 0 Å². The molecule has 0 amide bonds. The summed E-state index contributed by atoms with van der Waals surface area (Å²) in [5, 5.41) is 0. The Hall–Kier alpha value is -2.03. The van der Waals surface area contributed by atoms with E-state index in [-0.39, 0.29) is 25.6 Å². The van der Waals surface area contributed by atoms with Crippen LogP contribution in [0.3, 0.4) is 0 Å². The standard InChI is InChI=1S/C81H154NO8P/c1-6-8-10-12-14-16-18-20-22-24-26-28-30-32-34-35-36-37-38-39-40-41-42-43-44-45-46-48-49-51-53-55-57-59-61-63-65-67-69-71-73-80(83)87-77-79(78-89-91(85,86)88-76-75-82(3,4)5)90-81(84)74-72-70-68-66-64-62-60-58-56-54-52-50-47-33-31-29-27-25-23-21-19-17-15-13-11-9-7-2/h9,11,15,17,21,23,27,29,79H,6-8,10,12-14,16,18-20,22,24-26,28,30-78H2,1-5H3/p+1/b11-9-,17-15-,23-21-,29-27-. The van der Waals surface area contributed by atoms with Crippen molar-refractivity contribution >= 4 is 19.8 Å². The molecule has 10 heteroatoms. The maximum absolute atomic E-state index is 12.9. The van der Waals surface area contributed by atoms with E-state index in [1.807, 2.05) is 21.1 Å². The van der Waals surface area contributed by atoms with Gasteiger partial charge in [0, 0.05) is 12.8 Å². The molecule has 0 aliphatic rings. The topological polar surface area (TPSA) is 108 Å². The minimum atomic E-state index is -4.39. The zero-order chi connectivity index (χ0) is 66.2. The maximum atomic E-state index is 12.9. The maximum Gasteiger partial charge on any atom is 0.472 e. The highest BCUT2D eigenvalue weighted by atomic mass is 31.2. The van der Waals surface area contributed by atoms with Crippen molar-refractivity contribution in [2.24, 2.45) is 0 Å². The molecule has 0 aromatic rings. The Balaban J connectivity index is 3.87. The smallest absolute Gasteiger partial charge is 0.462 e. The van der Waals surface area contributed by atoms with Crippen molar-refractivity contribution in [3.05, 3.63) is 48.6 Å². The minimum Gasteiger partial charge on any atom is -0.462 e. The molecule has 0 fully saturated rings. The van der Waals surface area contributed by atoms with E-state index < -0.39 is 26.5 Å². The molecule has 1 N–H and O–H groups in total. The van der Waals surface area contributed by atoms with Gasteiger partial charge in [-0.05, 0) is 51.4 Å². The fraction of sp³-hybridized carbons (Fsp3) is 0.877. The lowest BCUT2D eigenvalue weighted by Gasteiger charge is -2.24. The molecule has 2 atom stereocenters. The van der Waals surface area contributed by atoms with E-state index in [0.717, 1.165) is 57.8 Å². The van der Waals surface area contributed by atoms with Crippen LogP contribution in [0, 0.1) is 0 Å². The second-order valence-electron chi connectivity index (χ2n) is 28.4. The molecule has 0 aliphatic heterocycles. The highest BCUT2D eigenvalue weighted by molar-refractivity contribution is 7.47. The van der Waals surface area contributed by atoms with E-state index in [4.69, 9.17) is 18.5 Å². The molecular weight excluding hydrogens is 1150 g/mol. The highest BCUT2D eigenvalue weighted by Crippen LogP contribution is 2.43. The Morgan fingerprint density at radius 3 is 0.934 bits per heavy atom. The van der Waals surface area contributed by atoms with E-state index in [2.05, 4.69) is 62.5 Å². The number of hydrogen-bond acceptors (Lipinski definition) is 7. The highest BCUT2D eigenvalue weighted by Gasteiger charge is 2.27. The van der Waals surface area contributed by atoms with Crippen LogP contribution in [0.15, 0.2) is 48.6 Å². The summed E-state index contributed by atoms with van der Waals surface area (Å²) >= 11 is 0. The largest absolute Gasteiger partial charge is 0.472 e. The molecule has 0 radical (unpaired) electrons. The van der Waals surface area contributed by atoms with Crippen molar-refractivity contribution in [2.45, 2.75) is 412 Å². The SMILES string of the molecule is CC/C=C\C/C=C\C/C=C\C/C=C\CCCCCCCCCCCCCCCCC(=O)OC(COC(=O)CCCCCCCCCCCCCCCCCCCCCCCCCCCCCCCCCCCCCCCCCC)COP(=O)(O)OCC[N+](C)(C)C. The average molecular weight is 1300 g/mol. The lowest BCUT2D eigenvalue weighted by Crippen LogP contribution is -2.37. The third-order valence-electron chi connectivity index (χ3n) is 18.1. The van der Waals surface area contributed by atoms with Crippen molar-refractivity contribution in [1.29, 1.82) is 0 Å². The molecule has 9 nitrogen and oxygen atoms in total. The summed E-state index contributed by atoms with van der Waals surface area (Å²) in [6.45, 7) is 4.39. The van der Waals surface area contributed by atoms with Crippen molar-refractivity contribution in [3.63, 3.8) is 0 Å². The number of carbonyl (C=O) groups excluding carboxylic acids is 2. The first-order valence-corrected chi connectivity index (χ1v) is 41.4. The lowest BCUT2D eigenvalue weighted by atomic mass is 10.0. The van der Waals surface area contributed by atoms with Gasteiger partial charge < -0.3 is 18.9 Å². The van der Waals surface area contributed by atoms with Gasteiger partial charge in [-0.3, -0.25) is 18.6 Å². The molecule has 0 aliphatic carbocycles. The first-order valence-electron chi connectivity index (χ1n) is 39.9. The van der Waals surface area contributed by atoms with E-state index in [9.17, 15) is 19.0 Å². The normalized spacial score (nSPS) is 13.3. The zero-order valence-electron chi connectivity index (χ0n) is 61.4. The van der Waals surface area contributed by atoms with Crippen LogP contribution >= 0.6 is 7.82 Å². The number of unbranched alkanes of at least 4 members (excludes halogenated alkanes) is 53. The van der Waals surface area contributed by atoms with Gasteiger partial charge >= 0.3 is 19.8 Å². The molecule has 0 saturated heterocycles. The summed E-state index contributed by atoms with van der Waals surface area (Å²) in [4.78, 5) is 36.0. The third-order valence-corrected chi connectivity index (χ3v) is 19.1. The monoisotopic (exact) mass is 1300 g/mol. The van der Waals surface area contributed by atoms with Gasteiger partial charge in [0.25, 0.3) is 0 Å². The number of hydrogen-bond donors (Lipinski definition) is 1. The van der Waals surface area contributed by atoms with Gasteiger partial charge in [0.15, 0.2) is 6.10 Å². The predicted molar refractivity (Wildman–Crippen MR) is 395 cm³/mol. The second-order valence-corrected chi connectivity index (χ2v) is 29.9. The van der Waals surface area contributed by atoms with Crippen LogP contribution in [0.2, 0.25) is 0 Å². The Labute approximate surface area is 566 Å². The lowest BCUT2D eigenvalue weighted by molar-refractivity contribution is -0.870. The van der Waals surface area contributed by atoms with Gasteiger partial charge in [0.2, 0.25) is 0 Å². The molecule has 0 aromatic carbocycles. The van der Waals surface area contributed by atoms with Crippen LogP contribution in [-0.4, -0.2) is 74.9 Å². The number of carbonyl (C=O) groups is 2. The van der Waals surface area contributed by atoms with Crippen molar-refractivity contribution in [2.75, 3.05) is 47.5 Å². The summed E-state index contributed by atoms with van der Waals surface area (Å²) in [5.41, 5.74) is 0. The van der Waals surface area contributed by atoms with Gasteiger partial charge in [-0.15, -0.1) is 0 Å². The summed E-state index contributed by atoms with van der Waals surface area (Å²) in [7, 11) is 1.49. The molecule has 91 heavy (non-hydrogen) atoms. The molecule has 2 unspecified atom stereocenters. The van der Waals surface area contributed by atoms with Crippen LogP contribution in [0.4, 0.5) is 0 Å². The molecule has 0 bridgehead atoms. The number of quaternary nitrogens is 1. The van der Waals surface area contributed by atoms with Crippen LogP contribution in [0.1, 0.15) is 406 Å². The third kappa shape index (κ3) is 76.9. The number of allylic oxidation sites excluding steroid dienone is 8. The Kier molecular flexibility index (Phi) is 70.6. The Morgan fingerprint density at radius 2 is 0.626 bits per heavy atom. The number of nitrogens with zero attached hydrogens (tertiary/aromatic N) is 1. The van der Waals surface area contributed by atoms with Crippen molar-refractivity contribution < 1.29 is 42.1 Å². The van der Waals surface area contributed by atoms with Gasteiger partial charge in [0.1, 0.15) is 19.8 Å².